The highest BCUT2D eigenvalue weighted by Gasteiger charge is 2.15. The van der Waals surface area contributed by atoms with Gasteiger partial charge in [0.2, 0.25) is 0 Å². The molecule has 0 bridgehead atoms. The molecule has 0 aliphatic rings. The molecule has 0 rings (SSSR count). The summed E-state index contributed by atoms with van der Waals surface area (Å²) in [5.41, 5.74) is -0.483. The van der Waals surface area contributed by atoms with Crippen molar-refractivity contribution in [3.63, 3.8) is 0 Å². The fraction of sp³-hybridized carbons (Fsp3) is 0.917. The molecular weight excluding hydrogens is 206 g/mol. The standard InChI is InChI=1S/C8H17NO3.C4H10/c1-6(10)5-9-7(11)12-8(2,3)4;1-4(2)3/h6,10H,5H2,1-4H3,(H,9,11);4H,1-3H3. The third-order valence-electron chi connectivity index (χ3n) is 0.941. The van der Waals surface area contributed by atoms with Gasteiger partial charge in [-0.2, -0.15) is 0 Å². The van der Waals surface area contributed by atoms with E-state index in [1.165, 1.54) is 0 Å². The molecule has 0 aromatic rings. The molecule has 4 nitrogen and oxygen atoms in total. The number of aliphatic hydroxyl groups excluding tert-OH is 1. The molecule has 4 heteroatoms. The van der Waals surface area contributed by atoms with Crippen LogP contribution in [0, 0.1) is 5.92 Å². The average Bonchev–Trinajstić information content (AvgIpc) is 1.96. The molecule has 0 spiro atoms. The summed E-state index contributed by atoms with van der Waals surface area (Å²) in [7, 11) is 0. The van der Waals surface area contributed by atoms with Gasteiger partial charge < -0.3 is 15.2 Å². The normalized spacial score (nSPS) is 12.6. The molecule has 0 saturated carbocycles. The lowest BCUT2D eigenvalue weighted by Gasteiger charge is -2.19. The van der Waals surface area contributed by atoms with Crippen LogP contribution in [-0.2, 0) is 4.74 Å². The Balaban J connectivity index is 0. The minimum absolute atomic E-state index is 0.217. The Bertz CT molecular complexity index is 180. The summed E-state index contributed by atoms with van der Waals surface area (Å²) in [6, 6.07) is 0. The second-order valence-electron chi connectivity index (χ2n) is 5.46. The molecule has 16 heavy (non-hydrogen) atoms. The number of nitrogens with one attached hydrogen (secondary N) is 1. The fourth-order valence-corrected chi connectivity index (χ4v) is 0.545. The summed E-state index contributed by atoms with van der Waals surface area (Å²) < 4.78 is 4.93. The maximum atomic E-state index is 10.9. The third kappa shape index (κ3) is 23.2. The van der Waals surface area contributed by atoms with E-state index in [0.29, 0.717) is 0 Å². The first-order chi connectivity index (χ1) is 7.04. The van der Waals surface area contributed by atoms with Crippen LogP contribution in [0.25, 0.3) is 0 Å². The zero-order valence-electron chi connectivity index (χ0n) is 11.6. The van der Waals surface area contributed by atoms with Crippen molar-refractivity contribution in [3.05, 3.63) is 0 Å². The van der Waals surface area contributed by atoms with Crippen molar-refractivity contribution in [3.8, 4) is 0 Å². The molecular formula is C12H27NO3. The van der Waals surface area contributed by atoms with Crippen LogP contribution >= 0.6 is 0 Å². The van der Waals surface area contributed by atoms with Crippen molar-refractivity contribution < 1.29 is 14.6 Å². The van der Waals surface area contributed by atoms with E-state index in [0.717, 1.165) is 5.92 Å². The Hall–Kier alpha value is -0.770. The summed E-state index contributed by atoms with van der Waals surface area (Å²) >= 11 is 0. The molecule has 1 unspecified atom stereocenters. The zero-order valence-corrected chi connectivity index (χ0v) is 11.6. The molecule has 0 aromatic heterocycles. The lowest BCUT2D eigenvalue weighted by molar-refractivity contribution is 0.0498. The Kier molecular flexibility index (Phi) is 9.24. The number of hydrogen-bond acceptors (Lipinski definition) is 3. The van der Waals surface area contributed by atoms with Gasteiger partial charge in [-0.15, -0.1) is 0 Å². The van der Waals surface area contributed by atoms with E-state index in [1.807, 2.05) is 0 Å². The lowest BCUT2D eigenvalue weighted by Crippen LogP contribution is -2.36. The van der Waals surface area contributed by atoms with Crippen LogP contribution in [-0.4, -0.2) is 29.4 Å². The molecule has 0 aromatic carbocycles. The van der Waals surface area contributed by atoms with Gasteiger partial charge in [0.05, 0.1) is 6.10 Å². The van der Waals surface area contributed by atoms with Crippen LogP contribution < -0.4 is 5.32 Å². The molecule has 0 saturated heterocycles. The smallest absolute Gasteiger partial charge is 0.407 e. The molecule has 1 amide bonds. The Morgan fingerprint density at radius 3 is 1.88 bits per heavy atom. The summed E-state index contributed by atoms with van der Waals surface area (Å²) in [5.74, 6) is 0.833. The second-order valence-corrected chi connectivity index (χ2v) is 5.46. The van der Waals surface area contributed by atoms with E-state index in [2.05, 4.69) is 26.1 Å². The Labute approximate surface area is 99.4 Å². The molecule has 0 aliphatic carbocycles. The highest BCUT2D eigenvalue weighted by atomic mass is 16.6. The minimum Gasteiger partial charge on any atom is -0.444 e. The number of rotatable bonds is 2. The van der Waals surface area contributed by atoms with E-state index in [9.17, 15) is 4.79 Å². The van der Waals surface area contributed by atoms with E-state index in [1.54, 1.807) is 27.7 Å². The first kappa shape index (κ1) is 17.6. The molecule has 1 atom stereocenters. The number of amides is 1. The van der Waals surface area contributed by atoms with Gasteiger partial charge >= 0.3 is 6.09 Å². The van der Waals surface area contributed by atoms with Gasteiger partial charge in [0.1, 0.15) is 5.60 Å². The van der Waals surface area contributed by atoms with Gasteiger partial charge in [0, 0.05) is 6.54 Å². The Morgan fingerprint density at radius 2 is 1.62 bits per heavy atom. The molecule has 0 fully saturated rings. The highest BCUT2D eigenvalue weighted by Crippen LogP contribution is 2.06. The molecule has 0 heterocycles. The van der Waals surface area contributed by atoms with E-state index < -0.39 is 17.8 Å². The highest BCUT2D eigenvalue weighted by molar-refractivity contribution is 5.67. The van der Waals surface area contributed by atoms with Crippen LogP contribution in [0.4, 0.5) is 4.79 Å². The number of ether oxygens (including phenoxy) is 1. The topological polar surface area (TPSA) is 58.6 Å². The number of aliphatic hydroxyl groups is 1. The molecule has 2 N–H and O–H groups in total. The Morgan fingerprint density at radius 1 is 1.25 bits per heavy atom. The molecule has 98 valence electrons. The predicted molar refractivity (Wildman–Crippen MR) is 66.4 cm³/mol. The average molecular weight is 233 g/mol. The van der Waals surface area contributed by atoms with Crippen molar-refractivity contribution in [2.45, 2.75) is 60.2 Å². The van der Waals surface area contributed by atoms with Crippen molar-refractivity contribution in [1.82, 2.24) is 5.32 Å². The maximum absolute atomic E-state index is 10.9. The first-order valence-electron chi connectivity index (χ1n) is 5.69. The van der Waals surface area contributed by atoms with Gasteiger partial charge in [-0.3, -0.25) is 0 Å². The zero-order chi connectivity index (χ0) is 13.4. The largest absolute Gasteiger partial charge is 0.444 e. The van der Waals surface area contributed by atoms with Gasteiger partial charge in [-0.25, -0.2) is 4.79 Å². The lowest BCUT2D eigenvalue weighted by atomic mass is 10.2. The van der Waals surface area contributed by atoms with E-state index in [4.69, 9.17) is 9.84 Å². The molecule has 0 radical (unpaired) electrons. The van der Waals surface area contributed by atoms with Gasteiger partial charge in [-0.1, -0.05) is 20.8 Å². The summed E-state index contributed by atoms with van der Waals surface area (Å²) in [6.45, 7) is 13.7. The van der Waals surface area contributed by atoms with Crippen molar-refractivity contribution in [2.75, 3.05) is 6.54 Å². The quantitative estimate of drug-likeness (QED) is 0.770. The predicted octanol–water partition coefficient (Wildman–Crippen LogP) is 2.55. The summed E-state index contributed by atoms with van der Waals surface area (Å²) in [4.78, 5) is 10.9. The van der Waals surface area contributed by atoms with Crippen LogP contribution in [0.2, 0.25) is 0 Å². The summed E-state index contributed by atoms with van der Waals surface area (Å²) in [5, 5.41) is 11.3. The summed E-state index contributed by atoms with van der Waals surface area (Å²) in [6.07, 6.45) is -1.04. The van der Waals surface area contributed by atoms with Crippen LogP contribution in [0.5, 0.6) is 0 Å². The van der Waals surface area contributed by atoms with Crippen LogP contribution in [0.3, 0.4) is 0 Å². The van der Waals surface area contributed by atoms with Gasteiger partial charge in [0.15, 0.2) is 0 Å². The van der Waals surface area contributed by atoms with Crippen LogP contribution in [0.15, 0.2) is 0 Å². The maximum Gasteiger partial charge on any atom is 0.407 e. The van der Waals surface area contributed by atoms with Crippen LogP contribution in [0.1, 0.15) is 48.5 Å². The first-order valence-corrected chi connectivity index (χ1v) is 5.69. The van der Waals surface area contributed by atoms with Crippen molar-refractivity contribution in [1.29, 1.82) is 0 Å². The minimum atomic E-state index is -0.544. The monoisotopic (exact) mass is 233 g/mol. The number of alkyl carbamates (subject to hydrolysis) is 1. The van der Waals surface area contributed by atoms with Gasteiger partial charge in [0.25, 0.3) is 0 Å². The number of hydrogen-bond donors (Lipinski definition) is 2. The SMILES string of the molecule is CC(C)C.CC(O)CNC(=O)OC(C)(C)C. The van der Waals surface area contributed by atoms with E-state index >= 15 is 0 Å². The number of carbonyl (C=O) groups is 1. The third-order valence-corrected chi connectivity index (χ3v) is 0.941. The van der Waals surface area contributed by atoms with E-state index in [-0.39, 0.29) is 6.54 Å². The number of carbonyl (C=O) groups excluding carboxylic acids is 1. The second kappa shape index (κ2) is 8.39. The van der Waals surface area contributed by atoms with Crippen molar-refractivity contribution in [2.24, 2.45) is 5.92 Å². The van der Waals surface area contributed by atoms with Gasteiger partial charge in [-0.05, 0) is 33.6 Å². The molecule has 0 aliphatic heterocycles. The fourth-order valence-electron chi connectivity index (χ4n) is 0.545. The van der Waals surface area contributed by atoms with Crippen molar-refractivity contribution >= 4 is 6.09 Å².